The van der Waals surface area contributed by atoms with Gasteiger partial charge in [0.1, 0.15) is 12.1 Å². The second kappa shape index (κ2) is 9.59. The molecule has 0 spiro atoms. The molecule has 0 aliphatic carbocycles. The number of rotatable bonds is 10. The van der Waals surface area contributed by atoms with Gasteiger partial charge in [0.2, 0.25) is 0 Å². The van der Waals surface area contributed by atoms with Crippen LogP contribution in [0.3, 0.4) is 0 Å². The van der Waals surface area contributed by atoms with Crippen molar-refractivity contribution in [1.29, 1.82) is 0 Å². The number of nitrogens with one attached hydrogen (secondary N) is 2. The molecule has 9 heteroatoms. The molecule has 0 aromatic carbocycles. The van der Waals surface area contributed by atoms with Crippen LogP contribution in [0.1, 0.15) is 39.5 Å². The van der Waals surface area contributed by atoms with Crippen molar-refractivity contribution < 1.29 is 34.5 Å². The van der Waals surface area contributed by atoms with Gasteiger partial charge in [0, 0.05) is 6.42 Å². The van der Waals surface area contributed by atoms with Gasteiger partial charge in [-0.3, -0.25) is 4.79 Å². The van der Waals surface area contributed by atoms with Gasteiger partial charge in [0.25, 0.3) is 0 Å². The Kier molecular flexibility index (Phi) is 8.58. The van der Waals surface area contributed by atoms with Gasteiger partial charge in [-0.15, -0.1) is 0 Å². The Morgan fingerprint density at radius 1 is 0.909 bits per heavy atom. The van der Waals surface area contributed by atoms with E-state index >= 15 is 0 Å². The molecule has 0 rings (SSSR count). The first-order chi connectivity index (χ1) is 10.1. The Bertz CT molecular complexity index is 423. The molecule has 0 bridgehead atoms. The third-order valence-electron chi connectivity index (χ3n) is 2.80. The van der Waals surface area contributed by atoms with E-state index in [2.05, 4.69) is 10.6 Å². The summed E-state index contributed by atoms with van der Waals surface area (Å²) in [6, 6.07) is -3.29. The zero-order chi connectivity index (χ0) is 17.3. The number of hydrogen-bond acceptors (Lipinski definition) is 4. The normalized spacial score (nSPS) is 13.2. The van der Waals surface area contributed by atoms with Crippen LogP contribution in [0.15, 0.2) is 0 Å². The van der Waals surface area contributed by atoms with E-state index in [9.17, 15) is 19.2 Å². The van der Waals surface area contributed by atoms with E-state index < -0.39 is 36.0 Å². The van der Waals surface area contributed by atoms with Crippen molar-refractivity contribution in [3.8, 4) is 0 Å². The Morgan fingerprint density at radius 3 is 1.82 bits per heavy atom. The van der Waals surface area contributed by atoms with Crippen LogP contribution in [-0.2, 0) is 14.4 Å². The smallest absolute Gasteiger partial charge is 0.326 e. The van der Waals surface area contributed by atoms with E-state index in [0.717, 1.165) is 0 Å². The van der Waals surface area contributed by atoms with Crippen LogP contribution < -0.4 is 10.6 Å². The van der Waals surface area contributed by atoms with Crippen molar-refractivity contribution in [2.45, 2.75) is 51.6 Å². The Morgan fingerprint density at radius 2 is 1.41 bits per heavy atom. The van der Waals surface area contributed by atoms with E-state index in [1.807, 2.05) is 0 Å². The lowest BCUT2D eigenvalue weighted by Crippen LogP contribution is -2.51. The van der Waals surface area contributed by atoms with E-state index in [0.29, 0.717) is 0 Å². The Hall–Kier alpha value is -2.32. The van der Waals surface area contributed by atoms with E-state index in [4.69, 9.17) is 15.3 Å². The third kappa shape index (κ3) is 8.77. The van der Waals surface area contributed by atoms with Crippen LogP contribution >= 0.6 is 0 Å². The van der Waals surface area contributed by atoms with E-state index in [1.165, 1.54) is 0 Å². The summed E-state index contributed by atoms with van der Waals surface area (Å²) in [7, 11) is 0. The van der Waals surface area contributed by atoms with Gasteiger partial charge >= 0.3 is 23.9 Å². The van der Waals surface area contributed by atoms with Gasteiger partial charge in [-0.1, -0.05) is 13.8 Å². The zero-order valence-electron chi connectivity index (χ0n) is 12.5. The van der Waals surface area contributed by atoms with Gasteiger partial charge in [-0.05, 0) is 25.2 Å². The molecule has 0 fully saturated rings. The number of carbonyl (C=O) groups excluding carboxylic acids is 1. The highest BCUT2D eigenvalue weighted by Crippen LogP contribution is 2.06. The number of amides is 2. The van der Waals surface area contributed by atoms with Crippen molar-refractivity contribution in [2.75, 3.05) is 0 Å². The van der Waals surface area contributed by atoms with Gasteiger partial charge in [0.05, 0.1) is 0 Å². The highest BCUT2D eigenvalue weighted by atomic mass is 16.4. The highest BCUT2D eigenvalue weighted by Gasteiger charge is 2.24. The Balaban J connectivity index is 4.51. The molecule has 9 nitrogen and oxygen atoms in total. The molecule has 2 atom stereocenters. The van der Waals surface area contributed by atoms with Crippen LogP contribution in [0.4, 0.5) is 4.79 Å². The first-order valence-electron chi connectivity index (χ1n) is 6.88. The molecule has 0 saturated heterocycles. The maximum atomic E-state index is 11.7. The molecule has 0 aromatic heterocycles. The highest BCUT2D eigenvalue weighted by molar-refractivity contribution is 5.86. The maximum Gasteiger partial charge on any atom is 0.326 e. The number of urea groups is 1. The standard InChI is InChI=1S/C13H22N2O7/c1-7(2)6-9(12(20)21)15-13(22)14-8(11(18)19)4-3-5-10(16)17/h7-9H,3-6H2,1-2H3,(H,16,17)(H,18,19)(H,20,21)(H2,14,15,22)/t8-,9-/m0/s1. The molecule has 0 aromatic rings. The van der Waals surface area contributed by atoms with Crippen molar-refractivity contribution >= 4 is 23.9 Å². The average molecular weight is 318 g/mol. The summed E-state index contributed by atoms with van der Waals surface area (Å²) >= 11 is 0. The minimum Gasteiger partial charge on any atom is -0.481 e. The molecule has 22 heavy (non-hydrogen) atoms. The lowest BCUT2D eigenvalue weighted by molar-refractivity contribution is -0.140. The van der Waals surface area contributed by atoms with Crippen molar-refractivity contribution in [3.63, 3.8) is 0 Å². The summed E-state index contributed by atoms with van der Waals surface area (Å²) in [4.78, 5) is 44.1. The third-order valence-corrected chi connectivity index (χ3v) is 2.80. The summed E-state index contributed by atoms with van der Waals surface area (Å²) in [5.74, 6) is -3.54. The number of carboxylic acid groups (broad SMARTS) is 3. The summed E-state index contributed by atoms with van der Waals surface area (Å²) in [5.41, 5.74) is 0. The molecule has 0 unspecified atom stereocenters. The molecule has 0 saturated carbocycles. The topological polar surface area (TPSA) is 153 Å². The maximum absolute atomic E-state index is 11.7. The fourth-order valence-electron chi connectivity index (χ4n) is 1.77. The zero-order valence-corrected chi connectivity index (χ0v) is 12.5. The molecular formula is C13H22N2O7. The van der Waals surface area contributed by atoms with Gasteiger partial charge < -0.3 is 26.0 Å². The van der Waals surface area contributed by atoms with Crippen molar-refractivity contribution in [3.05, 3.63) is 0 Å². The number of hydrogen-bond donors (Lipinski definition) is 5. The van der Waals surface area contributed by atoms with Crippen LogP contribution in [0.5, 0.6) is 0 Å². The second-order valence-electron chi connectivity index (χ2n) is 5.31. The largest absolute Gasteiger partial charge is 0.481 e. The molecule has 0 heterocycles. The summed E-state index contributed by atoms with van der Waals surface area (Å²) < 4.78 is 0. The lowest BCUT2D eigenvalue weighted by atomic mass is 10.0. The molecule has 126 valence electrons. The average Bonchev–Trinajstić information content (AvgIpc) is 2.35. The number of aliphatic carboxylic acids is 3. The predicted octanol–water partition coefficient (Wildman–Crippen LogP) is 0.493. The van der Waals surface area contributed by atoms with Crippen LogP contribution in [0.25, 0.3) is 0 Å². The summed E-state index contributed by atoms with van der Waals surface area (Å²) in [6.07, 6.45) is 0.0234. The monoisotopic (exact) mass is 318 g/mol. The number of carbonyl (C=O) groups is 4. The lowest BCUT2D eigenvalue weighted by Gasteiger charge is -2.19. The van der Waals surface area contributed by atoms with Gasteiger partial charge in [0.15, 0.2) is 0 Å². The van der Waals surface area contributed by atoms with Crippen LogP contribution in [0, 0.1) is 5.92 Å². The first-order valence-corrected chi connectivity index (χ1v) is 6.88. The first kappa shape index (κ1) is 19.7. The fourth-order valence-corrected chi connectivity index (χ4v) is 1.77. The molecular weight excluding hydrogens is 296 g/mol. The van der Waals surface area contributed by atoms with Gasteiger partial charge in [-0.25, -0.2) is 14.4 Å². The fraction of sp³-hybridized carbons (Fsp3) is 0.692. The predicted molar refractivity (Wildman–Crippen MR) is 75.5 cm³/mol. The minimum atomic E-state index is -1.31. The summed E-state index contributed by atoms with van der Waals surface area (Å²) in [5, 5.41) is 30.8. The minimum absolute atomic E-state index is 0.0345. The molecule has 0 aliphatic rings. The van der Waals surface area contributed by atoms with Crippen LogP contribution in [0.2, 0.25) is 0 Å². The molecule has 0 radical (unpaired) electrons. The van der Waals surface area contributed by atoms with Gasteiger partial charge in [-0.2, -0.15) is 0 Å². The SMILES string of the molecule is CC(C)C[C@H](NC(=O)N[C@@H](CCCC(=O)O)C(=O)O)C(=O)O. The van der Waals surface area contributed by atoms with E-state index in [1.54, 1.807) is 13.8 Å². The van der Waals surface area contributed by atoms with E-state index in [-0.39, 0.29) is 31.6 Å². The van der Waals surface area contributed by atoms with Crippen molar-refractivity contribution in [2.24, 2.45) is 5.92 Å². The van der Waals surface area contributed by atoms with Crippen molar-refractivity contribution in [1.82, 2.24) is 10.6 Å². The Labute approximate surface area is 127 Å². The molecule has 2 amide bonds. The summed E-state index contributed by atoms with van der Waals surface area (Å²) in [6.45, 7) is 3.59. The molecule has 0 aliphatic heterocycles. The van der Waals surface area contributed by atoms with Crippen LogP contribution in [-0.4, -0.2) is 51.3 Å². The number of carboxylic acids is 3. The quantitative estimate of drug-likeness (QED) is 0.393. The second-order valence-corrected chi connectivity index (χ2v) is 5.31. The molecule has 5 N–H and O–H groups in total.